The van der Waals surface area contributed by atoms with Crippen LogP contribution >= 0.6 is 0 Å². The minimum absolute atomic E-state index is 0.0619. The largest absolute Gasteiger partial charge is 0.497 e. The Labute approximate surface area is 260 Å². The number of nitrogens with one attached hydrogen (secondary N) is 4. The van der Waals surface area contributed by atoms with Gasteiger partial charge in [0.1, 0.15) is 29.9 Å². The molecular weight excluding hydrogens is 566 g/mol. The van der Waals surface area contributed by atoms with Crippen LogP contribution in [0.25, 0.3) is 0 Å². The van der Waals surface area contributed by atoms with E-state index in [4.69, 9.17) is 14.2 Å². The Morgan fingerprint density at radius 3 is 1.95 bits per heavy atom. The molecule has 0 fully saturated rings. The summed E-state index contributed by atoms with van der Waals surface area (Å²) in [5.74, 6) is -0.251. The number of hydrogen-bond donors (Lipinski definition) is 4. The van der Waals surface area contributed by atoms with Crippen LogP contribution in [0.15, 0.2) is 42.5 Å². The Kier molecular flexibility index (Phi) is 15.0. The maximum atomic E-state index is 13.2. The second-order valence-electron chi connectivity index (χ2n) is 11.0. The number of likely N-dealkylation sites (N-methyl/N-ethyl adjacent to an activating group) is 1. The first kappa shape index (κ1) is 35.9. The minimum atomic E-state index is -1.06. The third kappa shape index (κ3) is 12.5. The molecule has 44 heavy (non-hydrogen) atoms. The highest BCUT2D eigenvalue weighted by atomic mass is 16.5. The molecule has 2 aromatic carbocycles. The zero-order valence-corrected chi connectivity index (χ0v) is 26.8. The Morgan fingerprint density at radius 1 is 0.795 bits per heavy atom. The molecule has 0 aliphatic carbocycles. The summed E-state index contributed by atoms with van der Waals surface area (Å²) in [6.45, 7) is 7.22. The van der Waals surface area contributed by atoms with E-state index in [1.54, 1.807) is 25.1 Å². The van der Waals surface area contributed by atoms with Gasteiger partial charge in [0.05, 0.1) is 20.3 Å². The van der Waals surface area contributed by atoms with E-state index >= 15 is 0 Å². The molecule has 12 nitrogen and oxygen atoms in total. The van der Waals surface area contributed by atoms with Crippen molar-refractivity contribution in [3.63, 3.8) is 0 Å². The fourth-order valence-corrected chi connectivity index (χ4v) is 4.17. The van der Waals surface area contributed by atoms with Crippen molar-refractivity contribution in [3.05, 3.63) is 53.6 Å². The van der Waals surface area contributed by atoms with Crippen LogP contribution in [-0.4, -0.2) is 82.1 Å². The van der Waals surface area contributed by atoms with E-state index < -0.39 is 35.7 Å². The van der Waals surface area contributed by atoms with Gasteiger partial charge in [0, 0.05) is 25.7 Å². The van der Waals surface area contributed by atoms with E-state index in [2.05, 4.69) is 21.3 Å². The number of amides is 4. The summed E-state index contributed by atoms with van der Waals surface area (Å²) in [5, 5.41) is 10.7. The van der Waals surface area contributed by atoms with E-state index in [0.29, 0.717) is 30.1 Å². The van der Waals surface area contributed by atoms with Crippen molar-refractivity contribution in [1.29, 1.82) is 0 Å². The maximum Gasteiger partial charge on any atom is 0.315 e. The van der Waals surface area contributed by atoms with Gasteiger partial charge in [-0.15, -0.1) is 0 Å². The predicted molar refractivity (Wildman–Crippen MR) is 168 cm³/mol. The van der Waals surface area contributed by atoms with Crippen LogP contribution in [0.1, 0.15) is 44.7 Å². The Morgan fingerprint density at radius 2 is 1.41 bits per heavy atom. The standard InChI is InChI=1S/C32H47N5O7/c1-8-27(29(38)31(40)33-20-23-16-25(42-6)18-26(17-23)43-7)35-30(39)28(15-21(2)3)36-32(41)34-19-22-9-11-24(12-10-22)44-14-13-37(4)5/h9-12,16-18,21,27-28H,8,13-15,19-20H2,1-7H3,(H,33,40)(H,35,39)(H2,34,36,41)/t27?,28-/m0/s1. The highest BCUT2D eigenvalue weighted by molar-refractivity contribution is 6.38. The van der Waals surface area contributed by atoms with Crippen molar-refractivity contribution >= 4 is 23.6 Å². The van der Waals surface area contributed by atoms with Crippen LogP contribution in [0.3, 0.4) is 0 Å². The zero-order valence-electron chi connectivity index (χ0n) is 26.8. The molecule has 0 spiro atoms. The SMILES string of the molecule is CCC(NC(=O)[C@H](CC(C)C)NC(=O)NCc1ccc(OCCN(C)C)cc1)C(=O)C(=O)NCc1cc(OC)cc(OC)c1. The van der Waals surface area contributed by atoms with Crippen molar-refractivity contribution in [2.24, 2.45) is 5.92 Å². The maximum absolute atomic E-state index is 13.2. The van der Waals surface area contributed by atoms with Gasteiger partial charge in [-0.05, 0) is 68.2 Å². The lowest BCUT2D eigenvalue weighted by Crippen LogP contribution is -2.55. The summed E-state index contributed by atoms with van der Waals surface area (Å²) in [6.07, 6.45) is 0.535. The number of urea groups is 1. The number of rotatable bonds is 18. The lowest BCUT2D eigenvalue weighted by molar-refractivity contribution is -0.140. The van der Waals surface area contributed by atoms with Gasteiger partial charge in [-0.3, -0.25) is 14.4 Å². The molecule has 0 heterocycles. The molecule has 0 radical (unpaired) electrons. The summed E-state index contributed by atoms with van der Waals surface area (Å²) < 4.78 is 16.2. The van der Waals surface area contributed by atoms with Gasteiger partial charge in [-0.25, -0.2) is 4.79 Å². The van der Waals surface area contributed by atoms with Crippen LogP contribution in [0.5, 0.6) is 17.2 Å². The Balaban J connectivity index is 1.93. The summed E-state index contributed by atoms with van der Waals surface area (Å²) in [4.78, 5) is 53.6. The van der Waals surface area contributed by atoms with Gasteiger partial charge in [0.2, 0.25) is 11.7 Å². The second kappa shape index (κ2) is 18.4. The van der Waals surface area contributed by atoms with E-state index in [0.717, 1.165) is 17.9 Å². The first-order valence-electron chi connectivity index (χ1n) is 14.7. The highest BCUT2D eigenvalue weighted by Gasteiger charge is 2.29. The van der Waals surface area contributed by atoms with Crippen LogP contribution in [0, 0.1) is 5.92 Å². The number of carbonyl (C=O) groups excluding carboxylic acids is 4. The smallest absolute Gasteiger partial charge is 0.315 e. The number of nitrogens with zero attached hydrogens (tertiary/aromatic N) is 1. The van der Waals surface area contributed by atoms with Crippen molar-refractivity contribution in [2.45, 2.75) is 58.8 Å². The molecule has 2 aromatic rings. The summed E-state index contributed by atoms with van der Waals surface area (Å²) in [7, 11) is 6.98. The molecule has 0 aliphatic rings. The molecule has 4 N–H and O–H groups in total. The number of methoxy groups -OCH3 is 2. The van der Waals surface area contributed by atoms with E-state index in [1.165, 1.54) is 14.2 Å². The van der Waals surface area contributed by atoms with Crippen LogP contribution in [0.4, 0.5) is 4.79 Å². The molecule has 2 atom stereocenters. The first-order valence-corrected chi connectivity index (χ1v) is 14.7. The number of carbonyl (C=O) groups is 4. The zero-order chi connectivity index (χ0) is 32.6. The van der Waals surface area contributed by atoms with Crippen LogP contribution in [-0.2, 0) is 27.5 Å². The van der Waals surface area contributed by atoms with Gasteiger partial charge < -0.3 is 40.4 Å². The van der Waals surface area contributed by atoms with Crippen LogP contribution in [0.2, 0.25) is 0 Å². The number of benzene rings is 2. The fourth-order valence-electron chi connectivity index (χ4n) is 4.17. The second-order valence-corrected chi connectivity index (χ2v) is 11.0. The van der Waals surface area contributed by atoms with Gasteiger partial charge in [0.25, 0.3) is 5.91 Å². The topological polar surface area (TPSA) is 147 Å². The molecule has 0 bridgehead atoms. The van der Waals surface area contributed by atoms with Crippen molar-refractivity contribution in [3.8, 4) is 17.2 Å². The predicted octanol–water partition coefficient (Wildman–Crippen LogP) is 2.64. The number of ether oxygens (including phenoxy) is 3. The van der Waals surface area contributed by atoms with Gasteiger partial charge in [-0.2, -0.15) is 0 Å². The summed E-state index contributed by atoms with van der Waals surface area (Å²) >= 11 is 0. The third-order valence-electron chi connectivity index (χ3n) is 6.64. The molecule has 0 saturated carbocycles. The van der Waals surface area contributed by atoms with Gasteiger partial charge >= 0.3 is 6.03 Å². The molecule has 1 unspecified atom stereocenters. The summed E-state index contributed by atoms with van der Waals surface area (Å²) in [5.41, 5.74) is 1.54. The van der Waals surface area contributed by atoms with Crippen molar-refractivity contribution in [1.82, 2.24) is 26.2 Å². The van der Waals surface area contributed by atoms with Crippen molar-refractivity contribution < 1.29 is 33.4 Å². The Hall–Kier alpha value is -4.32. The van der Waals surface area contributed by atoms with Crippen molar-refractivity contribution in [2.75, 3.05) is 41.5 Å². The van der Waals surface area contributed by atoms with Gasteiger partial charge in [0.15, 0.2) is 0 Å². The average Bonchev–Trinajstić information content (AvgIpc) is 3.00. The highest BCUT2D eigenvalue weighted by Crippen LogP contribution is 2.22. The minimum Gasteiger partial charge on any atom is -0.497 e. The lowest BCUT2D eigenvalue weighted by atomic mass is 10.0. The monoisotopic (exact) mass is 613 g/mol. The molecule has 4 amide bonds. The normalized spacial score (nSPS) is 12.2. The van der Waals surface area contributed by atoms with E-state index in [9.17, 15) is 19.2 Å². The van der Waals surface area contributed by atoms with Gasteiger partial charge in [-0.1, -0.05) is 32.9 Å². The van der Waals surface area contributed by atoms with Crippen LogP contribution < -0.4 is 35.5 Å². The van der Waals surface area contributed by atoms with E-state index in [-0.39, 0.29) is 25.4 Å². The third-order valence-corrected chi connectivity index (χ3v) is 6.64. The molecule has 2 rings (SSSR count). The molecule has 0 aromatic heterocycles. The fraction of sp³-hybridized carbons (Fsp3) is 0.500. The molecular formula is C32H47N5O7. The molecule has 242 valence electrons. The number of hydrogen-bond acceptors (Lipinski definition) is 8. The Bertz CT molecular complexity index is 1210. The molecule has 0 saturated heterocycles. The lowest BCUT2D eigenvalue weighted by Gasteiger charge is -2.23. The summed E-state index contributed by atoms with van der Waals surface area (Å²) in [6, 6.07) is 10.0. The first-order chi connectivity index (χ1) is 20.9. The number of Topliss-reactive ketones (excluding diaryl/α,β-unsaturated/α-hetero) is 1. The molecule has 12 heteroatoms. The van der Waals surface area contributed by atoms with E-state index in [1.807, 2.05) is 57.1 Å². The average molecular weight is 614 g/mol. The molecule has 0 aliphatic heterocycles. The quantitative estimate of drug-likeness (QED) is 0.188. The number of ketones is 1.